The third kappa shape index (κ3) is 1.89. The molecule has 1 aliphatic carbocycles. The fourth-order valence-electron chi connectivity index (χ4n) is 3.30. The van der Waals surface area contributed by atoms with Crippen LogP contribution >= 0.6 is 0 Å². The Morgan fingerprint density at radius 1 is 1.22 bits per heavy atom. The van der Waals surface area contributed by atoms with Gasteiger partial charge in [0.15, 0.2) is 5.78 Å². The molecule has 0 bridgehead atoms. The molecule has 2 fully saturated rings. The van der Waals surface area contributed by atoms with E-state index in [-0.39, 0.29) is 11.3 Å². The molecular formula is C14H19NO3. The second kappa shape index (κ2) is 4.86. The zero-order valence-corrected chi connectivity index (χ0v) is 10.6. The molecule has 1 aromatic heterocycles. The molecule has 4 nitrogen and oxygen atoms in total. The SMILES string of the molecule is O=C(c1ccoc1)C1(N2CCOCC2)CCCC1. The van der Waals surface area contributed by atoms with E-state index in [1.54, 1.807) is 18.6 Å². The Kier molecular flexibility index (Phi) is 3.22. The number of morpholine rings is 1. The second-order valence-corrected chi connectivity index (χ2v) is 5.18. The molecule has 0 atom stereocenters. The Morgan fingerprint density at radius 3 is 2.56 bits per heavy atom. The number of furan rings is 1. The molecule has 3 rings (SSSR count). The summed E-state index contributed by atoms with van der Waals surface area (Å²) in [5, 5.41) is 0. The molecule has 0 N–H and O–H groups in total. The molecule has 0 aromatic carbocycles. The molecule has 1 saturated carbocycles. The maximum absolute atomic E-state index is 12.8. The molecule has 98 valence electrons. The number of carbonyl (C=O) groups excluding carboxylic acids is 1. The van der Waals surface area contributed by atoms with Crippen molar-refractivity contribution in [1.29, 1.82) is 0 Å². The number of Topliss-reactive ketones (excluding diaryl/α,β-unsaturated/α-hetero) is 1. The summed E-state index contributed by atoms with van der Waals surface area (Å²) in [6.07, 6.45) is 7.37. The quantitative estimate of drug-likeness (QED) is 0.769. The van der Waals surface area contributed by atoms with E-state index >= 15 is 0 Å². The Balaban J connectivity index is 1.88. The number of nitrogens with zero attached hydrogens (tertiary/aromatic N) is 1. The normalized spacial score (nSPS) is 24.2. The molecule has 0 amide bonds. The molecule has 2 aliphatic rings. The summed E-state index contributed by atoms with van der Waals surface area (Å²) in [6.45, 7) is 3.20. The maximum Gasteiger partial charge on any atom is 0.186 e. The van der Waals surface area contributed by atoms with Crippen LogP contribution in [0, 0.1) is 0 Å². The summed E-state index contributed by atoms with van der Waals surface area (Å²) in [5.74, 6) is 0.232. The van der Waals surface area contributed by atoms with E-state index in [4.69, 9.17) is 9.15 Å². The van der Waals surface area contributed by atoms with Crippen molar-refractivity contribution in [3.63, 3.8) is 0 Å². The predicted molar refractivity (Wildman–Crippen MR) is 66.6 cm³/mol. The number of carbonyl (C=O) groups is 1. The number of ether oxygens (including phenoxy) is 1. The largest absolute Gasteiger partial charge is 0.472 e. The third-order valence-electron chi connectivity index (χ3n) is 4.25. The highest BCUT2D eigenvalue weighted by Crippen LogP contribution is 2.38. The van der Waals surface area contributed by atoms with Gasteiger partial charge >= 0.3 is 0 Å². The van der Waals surface area contributed by atoms with Gasteiger partial charge in [-0.2, -0.15) is 0 Å². The Labute approximate surface area is 107 Å². The van der Waals surface area contributed by atoms with Crippen molar-refractivity contribution in [2.45, 2.75) is 31.2 Å². The number of hydrogen-bond acceptors (Lipinski definition) is 4. The summed E-state index contributed by atoms with van der Waals surface area (Å²) < 4.78 is 10.5. The lowest BCUT2D eigenvalue weighted by atomic mass is 9.86. The van der Waals surface area contributed by atoms with Gasteiger partial charge in [-0.15, -0.1) is 0 Å². The minimum absolute atomic E-state index is 0.232. The fourth-order valence-corrected chi connectivity index (χ4v) is 3.30. The van der Waals surface area contributed by atoms with E-state index in [1.807, 2.05) is 0 Å². The highest BCUT2D eigenvalue weighted by Gasteiger charge is 2.46. The molecule has 1 saturated heterocycles. The molecule has 2 heterocycles. The predicted octanol–water partition coefficient (Wildman–Crippen LogP) is 2.11. The van der Waals surface area contributed by atoms with Crippen LogP contribution in [0.2, 0.25) is 0 Å². The van der Waals surface area contributed by atoms with Gasteiger partial charge in [-0.25, -0.2) is 0 Å². The summed E-state index contributed by atoms with van der Waals surface area (Å²) in [7, 11) is 0. The van der Waals surface area contributed by atoms with Crippen LogP contribution in [0.1, 0.15) is 36.0 Å². The lowest BCUT2D eigenvalue weighted by molar-refractivity contribution is -0.0130. The lowest BCUT2D eigenvalue weighted by Crippen LogP contribution is -2.56. The van der Waals surface area contributed by atoms with Crippen LogP contribution in [0.5, 0.6) is 0 Å². The van der Waals surface area contributed by atoms with Crippen molar-refractivity contribution >= 4 is 5.78 Å². The minimum atomic E-state index is -0.298. The second-order valence-electron chi connectivity index (χ2n) is 5.18. The molecular weight excluding hydrogens is 230 g/mol. The van der Waals surface area contributed by atoms with Gasteiger partial charge in [0, 0.05) is 13.1 Å². The molecule has 0 unspecified atom stereocenters. The van der Waals surface area contributed by atoms with Gasteiger partial charge < -0.3 is 9.15 Å². The summed E-state index contributed by atoms with van der Waals surface area (Å²) in [6, 6.07) is 1.78. The smallest absolute Gasteiger partial charge is 0.186 e. The Bertz CT molecular complexity index is 401. The minimum Gasteiger partial charge on any atom is -0.472 e. The molecule has 4 heteroatoms. The van der Waals surface area contributed by atoms with Crippen LogP contribution in [-0.4, -0.2) is 42.5 Å². The highest BCUT2D eigenvalue weighted by molar-refractivity contribution is 6.03. The van der Waals surface area contributed by atoms with Crippen LogP contribution in [0.3, 0.4) is 0 Å². The average molecular weight is 249 g/mol. The van der Waals surface area contributed by atoms with Crippen LogP contribution in [0.4, 0.5) is 0 Å². The van der Waals surface area contributed by atoms with Gasteiger partial charge in [-0.3, -0.25) is 9.69 Å². The van der Waals surface area contributed by atoms with Gasteiger partial charge in [0.1, 0.15) is 6.26 Å². The van der Waals surface area contributed by atoms with Crippen molar-refractivity contribution in [3.8, 4) is 0 Å². The summed E-state index contributed by atoms with van der Waals surface area (Å²) in [4.78, 5) is 15.1. The third-order valence-corrected chi connectivity index (χ3v) is 4.25. The fraction of sp³-hybridized carbons (Fsp3) is 0.643. The maximum atomic E-state index is 12.8. The number of ketones is 1. The first kappa shape index (κ1) is 11.9. The standard InChI is InChI=1S/C14H19NO3/c16-13(12-3-8-18-11-12)14(4-1-2-5-14)15-6-9-17-10-7-15/h3,8,11H,1-2,4-7,9-10H2. The van der Waals surface area contributed by atoms with Crippen molar-refractivity contribution < 1.29 is 13.9 Å². The van der Waals surface area contributed by atoms with Crippen LogP contribution in [0.15, 0.2) is 23.0 Å². The van der Waals surface area contributed by atoms with E-state index in [1.165, 1.54) is 0 Å². The van der Waals surface area contributed by atoms with Gasteiger partial charge in [-0.05, 0) is 18.9 Å². The molecule has 1 aliphatic heterocycles. The van der Waals surface area contributed by atoms with Crippen LogP contribution < -0.4 is 0 Å². The van der Waals surface area contributed by atoms with Gasteiger partial charge in [-0.1, -0.05) is 12.8 Å². The van der Waals surface area contributed by atoms with Gasteiger partial charge in [0.05, 0.1) is 30.6 Å². The number of hydrogen-bond donors (Lipinski definition) is 0. The van der Waals surface area contributed by atoms with E-state index in [2.05, 4.69) is 4.90 Å². The van der Waals surface area contributed by atoms with Crippen molar-refractivity contribution in [3.05, 3.63) is 24.2 Å². The molecule has 0 radical (unpaired) electrons. The lowest BCUT2D eigenvalue weighted by Gasteiger charge is -2.41. The van der Waals surface area contributed by atoms with E-state index in [9.17, 15) is 4.79 Å². The first-order chi connectivity index (χ1) is 8.83. The highest BCUT2D eigenvalue weighted by atomic mass is 16.5. The molecule has 1 aromatic rings. The van der Waals surface area contributed by atoms with E-state index < -0.39 is 0 Å². The zero-order chi connectivity index (χ0) is 12.4. The van der Waals surface area contributed by atoms with Gasteiger partial charge in [0.2, 0.25) is 0 Å². The van der Waals surface area contributed by atoms with E-state index in [0.717, 1.165) is 52.0 Å². The topological polar surface area (TPSA) is 42.7 Å². The summed E-state index contributed by atoms with van der Waals surface area (Å²) >= 11 is 0. The number of rotatable bonds is 3. The molecule has 18 heavy (non-hydrogen) atoms. The summed E-state index contributed by atoms with van der Waals surface area (Å²) in [5.41, 5.74) is 0.414. The first-order valence-corrected chi connectivity index (χ1v) is 6.73. The van der Waals surface area contributed by atoms with Crippen molar-refractivity contribution in [2.75, 3.05) is 26.3 Å². The zero-order valence-electron chi connectivity index (χ0n) is 10.6. The van der Waals surface area contributed by atoms with E-state index in [0.29, 0.717) is 5.56 Å². The monoisotopic (exact) mass is 249 g/mol. The first-order valence-electron chi connectivity index (χ1n) is 6.73. The Hall–Kier alpha value is -1.13. The van der Waals surface area contributed by atoms with Gasteiger partial charge in [0.25, 0.3) is 0 Å². The van der Waals surface area contributed by atoms with Crippen LogP contribution in [0.25, 0.3) is 0 Å². The van der Waals surface area contributed by atoms with Crippen LogP contribution in [-0.2, 0) is 4.74 Å². The Morgan fingerprint density at radius 2 is 1.94 bits per heavy atom. The van der Waals surface area contributed by atoms with Crippen molar-refractivity contribution in [2.24, 2.45) is 0 Å². The molecule has 0 spiro atoms. The van der Waals surface area contributed by atoms with Crippen molar-refractivity contribution in [1.82, 2.24) is 4.90 Å². The average Bonchev–Trinajstić information content (AvgIpc) is 3.11.